The van der Waals surface area contributed by atoms with E-state index >= 15 is 0 Å². The van der Waals surface area contributed by atoms with Gasteiger partial charge in [-0.2, -0.15) is 0 Å². The van der Waals surface area contributed by atoms with E-state index in [1.807, 2.05) is 12.1 Å². The van der Waals surface area contributed by atoms with Gasteiger partial charge in [-0.3, -0.25) is 14.7 Å². The largest absolute Gasteiger partial charge is 0.328 e. The van der Waals surface area contributed by atoms with Crippen molar-refractivity contribution >= 4 is 18.2 Å². The highest BCUT2D eigenvalue weighted by Crippen LogP contribution is 2.08. The van der Waals surface area contributed by atoms with Gasteiger partial charge in [-0.15, -0.1) is 12.4 Å². The highest BCUT2D eigenvalue weighted by Gasteiger charge is 2.19. The van der Waals surface area contributed by atoms with Crippen molar-refractivity contribution in [3.63, 3.8) is 0 Å². The molecule has 4 nitrogen and oxygen atoms in total. The number of likely N-dealkylation sites (tertiary alicyclic amines) is 1. The number of piperidine rings is 1. The molecule has 0 saturated carbocycles. The summed E-state index contributed by atoms with van der Waals surface area (Å²) < 4.78 is 0. The molecule has 0 atom stereocenters. The van der Waals surface area contributed by atoms with E-state index in [2.05, 4.69) is 9.88 Å². The van der Waals surface area contributed by atoms with Gasteiger partial charge in [0, 0.05) is 25.3 Å². The molecule has 0 amide bonds. The topological polar surface area (TPSA) is 59.2 Å². The van der Waals surface area contributed by atoms with Crippen LogP contribution in [0.1, 0.15) is 23.3 Å². The third kappa shape index (κ3) is 4.07. The average molecular weight is 256 g/mol. The summed E-state index contributed by atoms with van der Waals surface area (Å²) in [5.41, 5.74) is 6.37. The van der Waals surface area contributed by atoms with Crippen LogP contribution < -0.4 is 5.73 Å². The molecule has 0 spiro atoms. The SMILES string of the molecule is Cl.NC1CCN(CC(=O)c2ccccn2)CC1. The maximum Gasteiger partial charge on any atom is 0.195 e. The van der Waals surface area contributed by atoms with Crippen LogP contribution in [-0.4, -0.2) is 41.3 Å². The quantitative estimate of drug-likeness (QED) is 0.822. The van der Waals surface area contributed by atoms with Crippen molar-refractivity contribution < 1.29 is 4.79 Å². The zero-order chi connectivity index (χ0) is 11.4. The van der Waals surface area contributed by atoms with Crippen molar-refractivity contribution in [2.45, 2.75) is 18.9 Å². The van der Waals surface area contributed by atoms with Gasteiger partial charge >= 0.3 is 0 Å². The highest BCUT2D eigenvalue weighted by molar-refractivity contribution is 5.95. The lowest BCUT2D eigenvalue weighted by molar-refractivity contribution is 0.0905. The fraction of sp³-hybridized carbons (Fsp3) is 0.500. The van der Waals surface area contributed by atoms with E-state index in [0.29, 0.717) is 18.3 Å². The highest BCUT2D eigenvalue weighted by atomic mass is 35.5. The molecule has 1 aliphatic heterocycles. The number of nitrogens with two attached hydrogens (primary N) is 1. The molecule has 94 valence electrons. The van der Waals surface area contributed by atoms with Gasteiger partial charge in [0.1, 0.15) is 5.69 Å². The van der Waals surface area contributed by atoms with Crippen molar-refractivity contribution in [3.8, 4) is 0 Å². The molecule has 2 heterocycles. The minimum absolute atomic E-state index is 0. The second-order valence-electron chi connectivity index (χ2n) is 4.25. The predicted octanol–water partition coefficient (Wildman–Crippen LogP) is 1.11. The van der Waals surface area contributed by atoms with Crippen LogP contribution >= 0.6 is 12.4 Å². The molecule has 5 heteroatoms. The molecule has 1 aromatic rings. The molecule has 0 radical (unpaired) electrons. The van der Waals surface area contributed by atoms with E-state index in [4.69, 9.17) is 5.73 Å². The van der Waals surface area contributed by atoms with E-state index in [9.17, 15) is 4.79 Å². The van der Waals surface area contributed by atoms with Gasteiger partial charge in [-0.25, -0.2) is 0 Å². The van der Waals surface area contributed by atoms with Gasteiger partial charge in [-0.1, -0.05) is 6.07 Å². The minimum Gasteiger partial charge on any atom is -0.328 e. The number of nitrogens with zero attached hydrogens (tertiary/aromatic N) is 2. The van der Waals surface area contributed by atoms with Crippen molar-refractivity contribution in [3.05, 3.63) is 30.1 Å². The molecule has 2 N–H and O–H groups in total. The summed E-state index contributed by atoms with van der Waals surface area (Å²) >= 11 is 0. The lowest BCUT2D eigenvalue weighted by atomic mass is 10.1. The summed E-state index contributed by atoms with van der Waals surface area (Å²) in [4.78, 5) is 18.1. The van der Waals surface area contributed by atoms with E-state index in [-0.39, 0.29) is 18.2 Å². The number of halogens is 1. The first-order valence-electron chi connectivity index (χ1n) is 5.68. The Kier molecular flexibility index (Phi) is 5.55. The number of pyridine rings is 1. The predicted molar refractivity (Wildman–Crippen MR) is 69.5 cm³/mol. The van der Waals surface area contributed by atoms with Crippen LogP contribution in [0.15, 0.2) is 24.4 Å². The molecule has 1 fully saturated rings. The first kappa shape index (κ1) is 14.1. The maximum atomic E-state index is 11.9. The summed E-state index contributed by atoms with van der Waals surface area (Å²) in [6, 6.07) is 5.72. The Labute approximate surface area is 108 Å². The number of rotatable bonds is 3. The number of ketones is 1. The molecule has 0 unspecified atom stereocenters. The molecule has 0 bridgehead atoms. The van der Waals surface area contributed by atoms with E-state index < -0.39 is 0 Å². The van der Waals surface area contributed by atoms with Crippen LogP contribution in [0.4, 0.5) is 0 Å². The van der Waals surface area contributed by atoms with Gasteiger partial charge < -0.3 is 5.73 Å². The molecule has 1 aromatic heterocycles. The Morgan fingerprint density at radius 2 is 2.12 bits per heavy atom. The fourth-order valence-electron chi connectivity index (χ4n) is 1.92. The third-order valence-electron chi connectivity index (χ3n) is 2.95. The van der Waals surface area contributed by atoms with Gasteiger partial charge in [0.05, 0.1) is 6.54 Å². The Morgan fingerprint density at radius 1 is 1.41 bits per heavy atom. The monoisotopic (exact) mass is 255 g/mol. The molecule has 0 aromatic carbocycles. The fourth-order valence-corrected chi connectivity index (χ4v) is 1.92. The van der Waals surface area contributed by atoms with Crippen LogP contribution in [0, 0.1) is 0 Å². The minimum atomic E-state index is 0. The molecule has 2 rings (SSSR count). The summed E-state index contributed by atoms with van der Waals surface area (Å²) in [6.45, 7) is 2.29. The maximum absolute atomic E-state index is 11.9. The lowest BCUT2D eigenvalue weighted by Crippen LogP contribution is -2.42. The van der Waals surface area contributed by atoms with Crippen LogP contribution in [0.5, 0.6) is 0 Å². The van der Waals surface area contributed by atoms with Crippen molar-refractivity contribution in [2.24, 2.45) is 5.73 Å². The van der Waals surface area contributed by atoms with Crippen LogP contribution in [-0.2, 0) is 0 Å². The van der Waals surface area contributed by atoms with Gasteiger partial charge in [-0.05, 0) is 25.0 Å². The van der Waals surface area contributed by atoms with Crippen molar-refractivity contribution in [2.75, 3.05) is 19.6 Å². The Morgan fingerprint density at radius 3 is 2.71 bits per heavy atom. The van der Waals surface area contributed by atoms with Gasteiger partial charge in [0.2, 0.25) is 0 Å². The number of hydrogen-bond acceptors (Lipinski definition) is 4. The van der Waals surface area contributed by atoms with E-state index in [1.54, 1.807) is 12.3 Å². The van der Waals surface area contributed by atoms with Crippen molar-refractivity contribution in [1.29, 1.82) is 0 Å². The molecule has 1 aliphatic rings. The molecular weight excluding hydrogens is 238 g/mol. The average Bonchev–Trinajstić information content (AvgIpc) is 2.33. The molecule has 0 aliphatic carbocycles. The normalized spacial score (nSPS) is 17.5. The zero-order valence-corrected chi connectivity index (χ0v) is 10.5. The summed E-state index contributed by atoms with van der Waals surface area (Å²) in [5, 5.41) is 0. The van der Waals surface area contributed by atoms with Gasteiger partial charge in [0.15, 0.2) is 5.78 Å². The van der Waals surface area contributed by atoms with E-state index in [1.165, 1.54) is 0 Å². The summed E-state index contributed by atoms with van der Waals surface area (Å²) in [7, 11) is 0. The Bertz CT molecular complexity index is 350. The Hall–Kier alpha value is -0.970. The molecule has 17 heavy (non-hydrogen) atoms. The zero-order valence-electron chi connectivity index (χ0n) is 9.71. The van der Waals surface area contributed by atoms with Crippen molar-refractivity contribution in [1.82, 2.24) is 9.88 Å². The van der Waals surface area contributed by atoms with Crippen LogP contribution in [0.2, 0.25) is 0 Å². The first-order chi connectivity index (χ1) is 7.75. The van der Waals surface area contributed by atoms with Crippen LogP contribution in [0.3, 0.4) is 0 Å². The Balaban J connectivity index is 0.00000144. The summed E-state index contributed by atoms with van der Waals surface area (Å²) in [5.74, 6) is 0.0936. The van der Waals surface area contributed by atoms with Gasteiger partial charge in [0.25, 0.3) is 0 Å². The third-order valence-corrected chi connectivity index (χ3v) is 2.95. The number of aromatic nitrogens is 1. The van der Waals surface area contributed by atoms with Crippen LogP contribution in [0.25, 0.3) is 0 Å². The lowest BCUT2D eigenvalue weighted by Gasteiger charge is -2.29. The molecular formula is C12H18ClN3O. The number of hydrogen-bond donors (Lipinski definition) is 1. The smallest absolute Gasteiger partial charge is 0.195 e. The first-order valence-corrected chi connectivity index (χ1v) is 5.68. The number of carbonyl (C=O) groups excluding carboxylic acids is 1. The standard InChI is InChI=1S/C12H17N3O.ClH/c13-10-4-7-15(8-5-10)9-12(16)11-3-1-2-6-14-11;/h1-3,6,10H,4-5,7-9,13H2;1H. The van der Waals surface area contributed by atoms with E-state index in [0.717, 1.165) is 25.9 Å². The number of Topliss-reactive ketones (excluding diaryl/α,β-unsaturated/α-hetero) is 1. The molecule has 1 saturated heterocycles. The summed E-state index contributed by atoms with van der Waals surface area (Å²) in [6.07, 6.45) is 3.62. The second kappa shape index (κ2) is 6.69. The second-order valence-corrected chi connectivity index (χ2v) is 4.25. The number of carbonyl (C=O) groups is 1.